The lowest BCUT2D eigenvalue weighted by atomic mass is 9.87. The number of hydrogen-bond donors (Lipinski definition) is 2. The van der Waals surface area contributed by atoms with Crippen LogP contribution in [0.25, 0.3) is 0 Å². The Morgan fingerprint density at radius 1 is 1.53 bits per heavy atom. The van der Waals surface area contributed by atoms with Gasteiger partial charge in [0, 0.05) is 6.54 Å². The molecule has 2 aliphatic rings. The number of nitrogens with zero attached hydrogens (tertiary/aromatic N) is 1. The molecule has 4 nitrogen and oxygen atoms in total. The van der Waals surface area contributed by atoms with E-state index >= 15 is 0 Å². The van der Waals surface area contributed by atoms with Crippen LogP contribution in [0.15, 0.2) is 17.1 Å². The van der Waals surface area contributed by atoms with E-state index in [1.165, 1.54) is 19.3 Å². The lowest BCUT2D eigenvalue weighted by molar-refractivity contribution is 0.0915. The summed E-state index contributed by atoms with van der Waals surface area (Å²) in [5.74, 6) is 1.24. The minimum atomic E-state index is 0.510. The molecule has 0 radical (unpaired) electrons. The van der Waals surface area contributed by atoms with E-state index in [9.17, 15) is 0 Å². The smallest absolute Gasteiger partial charge is 0.188 e. The van der Waals surface area contributed by atoms with Crippen molar-refractivity contribution < 1.29 is 4.74 Å². The van der Waals surface area contributed by atoms with Crippen molar-refractivity contribution in [2.24, 2.45) is 16.6 Å². The molecule has 2 saturated heterocycles. The highest BCUT2D eigenvalue weighted by Crippen LogP contribution is 2.40. The molecule has 2 bridgehead atoms. The Morgan fingerprint density at radius 3 is 2.94 bits per heavy atom. The van der Waals surface area contributed by atoms with Crippen LogP contribution in [0.1, 0.15) is 32.6 Å². The van der Waals surface area contributed by atoms with Crippen LogP contribution in [0.4, 0.5) is 0 Å². The Hall–Kier alpha value is -1.03. The molecule has 2 heterocycles. The van der Waals surface area contributed by atoms with Crippen LogP contribution in [0.2, 0.25) is 0 Å². The number of hydrogen-bond acceptors (Lipinski definition) is 2. The van der Waals surface area contributed by atoms with E-state index in [2.05, 4.69) is 16.9 Å². The monoisotopic (exact) mass is 237 g/mol. The molecule has 2 rings (SSSR count). The fourth-order valence-corrected chi connectivity index (χ4v) is 2.71. The van der Waals surface area contributed by atoms with Crippen LogP contribution in [-0.2, 0) is 4.74 Å². The molecule has 96 valence electrons. The maximum atomic E-state index is 5.82. The fourth-order valence-electron chi connectivity index (χ4n) is 2.71. The third-order valence-electron chi connectivity index (χ3n) is 3.57. The van der Waals surface area contributed by atoms with Crippen molar-refractivity contribution in [2.75, 3.05) is 13.1 Å². The summed E-state index contributed by atoms with van der Waals surface area (Å²) in [7, 11) is 0. The molecule has 0 aromatic heterocycles. The van der Waals surface area contributed by atoms with Gasteiger partial charge in [0.1, 0.15) is 0 Å². The second-order valence-electron chi connectivity index (χ2n) is 5.24. The quantitative estimate of drug-likeness (QED) is 0.432. The zero-order chi connectivity index (χ0) is 12.3. The van der Waals surface area contributed by atoms with Gasteiger partial charge in [-0.15, -0.1) is 0 Å². The Labute approximate surface area is 103 Å². The van der Waals surface area contributed by atoms with Gasteiger partial charge >= 0.3 is 0 Å². The molecular formula is C13H23N3O. The van der Waals surface area contributed by atoms with Crippen LogP contribution >= 0.6 is 0 Å². The molecule has 0 aliphatic carbocycles. The Morgan fingerprint density at radius 2 is 2.35 bits per heavy atom. The van der Waals surface area contributed by atoms with E-state index in [4.69, 9.17) is 10.5 Å². The number of nitrogens with two attached hydrogens (primary N) is 1. The topological polar surface area (TPSA) is 59.6 Å². The van der Waals surface area contributed by atoms with Gasteiger partial charge < -0.3 is 15.8 Å². The van der Waals surface area contributed by atoms with Crippen LogP contribution in [-0.4, -0.2) is 31.3 Å². The fraction of sp³-hybridized carbons (Fsp3) is 0.769. The van der Waals surface area contributed by atoms with Gasteiger partial charge in [-0.2, -0.15) is 0 Å². The third-order valence-corrected chi connectivity index (χ3v) is 3.57. The first-order valence-electron chi connectivity index (χ1n) is 6.49. The molecule has 3 unspecified atom stereocenters. The number of nitrogens with one attached hydrogen (secondary N) is 1. The summed E-state index contributed by atoms with van der Waals surface area (Å²) in [4.78, 5) is 4.19. The van der Waals surface area contributed by atoms with Gasteiger partial charge in [-0.1, -0.05) is 12.2 Å². The maximum absolute atomic E-state index is 5.82. The van der Waals surface area contributed by atoms with E-state index in [-0.39, 0.29) is 0 Å². The third kappa shape index (κ3) is 3.46. The lowest BCUT2D eigenvalue weighted by Crippen LogP contribution is -2.34. The van der Waals surface area contributed by atoms with Gasteiger partial charge in [-0.05, 0) is 38.5 Å². The summed E-state index contributed by atoms with van der Waals surface area (Å²) in [5, 5.41) is 3.16. The van der Waals surface area contributed by atoms with Crippen LogP contribution in [0, 0.1) is 5.92 Å². The molecule has 2 fully saturated rings. The second-order valence-corrected chi connectivity index (χ2v) is 5.24. The number of fused-ring (bicyclic) bond motifs is 2. The zero-order valence-corrected chi connectivity index (χ0v) is 10.6. The van der Waals surface area contributed by atoms with Crippen LogP contribution in [0.3, 0.4) is 0 Å². The summed E-state index contributed by atoms with van der Waals surface area (Å²) < 4.78 is 5.82. The molecule has 0 spiro atoms. The molecule has 4 heteroatoms. The standard InChI is InChI=1S/C13H23N3O/c1-9(2)8-16-13(14)15-6-5-10-7-11-3-4-12(10)17-11/h10-12H,1,3-8H2,2H3,(H3,14,15,16). The number of aliphatic imine (C=N–C) groups is 1. The van der Waals surface area contributed by atoms with Crippen molar-refractivity contribution >= 4 is 5.96 Å². The highest BCUT2D eigenvalue weighted by molar-refractivity contribution is 5.77. The highest BCUT2D eigenvalue weighted by Gasteiger charge is 2.39. The van der Waals surface area contributed by atoms with Crippen molar-refractivity contribution in [3.05, 3.63) is 12.2 Å². The second kappa shape index (κ2) is 5.54. The van der Waals surface area contributed by atoms with Crippen LogP contribution < -0.4 is 11.1 Å². The summed E-state index contributed by atoms with van der Waals surface area (Å²) >= 11 is 0. The van der Waals surface area contributed by atoms with Gasteiger partial charge in [0.05, 0.1) is 18.8 Å². The molecule has 0 saturated carbocycles. The van der Waals surface area contributed by atoms with Gasteiger partial charge in [0.2, 0.25) is 0 Å². The normalized spacial score (nSPS) is 31.8. The minimum absolute atomic E-state index is 0.510. The Kier molecular flexibility index (Phi) is 4.05. The van der Waals surface area contributed by atoms with Gasteiger partial charge in [0.25, 0.3) is 0 Å². The molecule has 0 amide bonds. The first-order valence-corrected chi connectivity index (χ1v) is 6.49. The largest absolute Gasteiger partial charge is 0.375 e. The maximum Gasteiger partial charge on any atom is 0.188 e. The molecule has 0 aromatic rings. The van der Waals surface area contributed by atoms with Crippen molar-refractivity contribution in [1.82, 2.24) is 5.32 Å². The Bertz CT molecular complexity index is 314. The summed E-state index contributed by atoms with van der Waals surface area (Å²) in [6, 6.07) is 0. The highest BCUT2D eigenvalue weighted by atomic mass is 16.5. The summed E-state index contributed by atoms with van der Waals surface area (Å²) in [5.41, 5.74) is 6.77. The minimum Gasteiger partial charge on any atom is -0.375 e. The summed E-state index contributed by atoms with van der Waals surface area (Å²) in [6.07, 6.45) is 5.92. The lowest BCUT2D eigenvalue weighted by Gasteiger charge is -2.18. The van der Waals surface area contributed by atoms with E-state index in [1.54, 1.807) is 0 Å². The first-order chi connectivity index (χ1) is 8.15. The van der Waals surface area contributed by atoms with E-state index < -0.39 is 0 Å². The van der Waals surface area contributed by atoms with Gasteiger partial charge in [-0.25, -0.2) is 4.99 Å². The molecule has 17 heavy (non-hydrogen) atoms. The molecule has 2 aliphatic heterocycles. The first kappa shape index (κ1) is 12.4. The zero-order valence-electron chi connectivity index (χ0n) is 10.6. The van der Waals surface area contributed by atoms with Crippen molar-refractivity contribution in [2.45, 2.75) is 44.8 Å². The van der Waals surface area contributed by atoms with E-state index in [1.807, 2.05) is 6.92 Å². The molecule has 3 N–H and O–H groups in total. The number of ether oxygens (including phenoxy) is 1. The van der Waals surface area contributed by atoms with E-state index in [0.717, 1.165) is 24.5 Å². The van der Waals surface area contributed by atoms with E-state index in [0.29, 0.717) is 24.7 Å². The molecular weight excluding hydrogens is 214 g/mol. The predicted octanol–water partition coefficient (Wildman–Crippen LogP) is 1.42. The number of guanidine groups is 1. The summed E-state index contributed by atoms with van der Waals surface area (Å²) in [6.45, 7) is 7.24. The average Bonchev–Trinajstić information content (AvgIpc) is 2.88. The average molecular weight is 237 g/mol. The van der Waals surface area contributed by atoms with Gasteiger partial charge in [-0.3, -0.25) is 0 Å². The van der Waals surface area contributed by atoms with Crippen molar-refractivity contribution in [3.8, 4) is 0 Å². The number of rotatable bonds is 5. The van der Waals surface area contributed by atoms with Crippen molar-refractivity contribution in [3.63, 3.8) is 0 Å². The molecule has 0 aromatic carbocycles. The van der Waals surface area contributed by atoms with Crippen LogP contribution in [0.5, 0.6) is 0 Å². The van der Waals surface area contributed by atoms with Crippen molar-refractivity contribution in [1.29, 1.82) is 0 Å². The Balaban J connectivity index is 1.63. The van der Waals surface area contributed by atoms with Gasteiger partial charge in [0.15, 0.2) is 5.96 Å². The SMILES string of the molecule is C=C(C)CN=C(N)NCCC1CC2CCC1O2. The predicted molar refractivity (Wildman–Crippen MR) is 69.9 cm³/mol. The molecule has 3 atom stereocenters.